The Morgan fingerprint density at radius 3 is 2.18 bits per heavy atom. The Bertz CT molecular complexity index is 1440. The summed E-state index contributed by atoms with van der Waals surface area (Å²) in [6.07, 6.45) is 0. The van der Waals surface area contributed by atoms with Gasteiger partial charge in [-0.2, -0.15) is 0 Å². The van der Waals surface area contributed by atoms with Crippen LogP contribution in [-0.2, 0) is 26.2 Å². The molecule has 0 aromatic heterocycles. The number of nitrogens with one attached hydrogen (secondary N) is 1. The van der Waals surface area contributed by atoms with Crippen LogP contribution in [0.4, 0.5) is 5.69 Å². The fourth-order valence-corrected chi connectivity index (χ4v) is 5.88. The standard InChI is InChI=1S/C29H33Cl2N3O4S/c1-19(2)32-29(36)22(5)33(17-23-8-6-7-21(4)15-23)28(35)18-34(27-16-24(30)11-14-26(27)31)39(37,38)25-12-9-20(3)10-13-25/h6-16,19,22H,17-18H2,1-5H3,(H,32,36)/t22-/m0/s1. The molecule has 1 atom stereocenters. The second-order valence-electron chi connectivity index (χ2n) is 9.77. The minimum Gasteiger partial charge on any atom is -0.352 e. The van der Waals surface area contributed by atoms with E-state index in [9.17, 15) is 18.0 Å². The van der Waals surface area contributed by atoms with Crippen molar-refractivity contribution < 1.29 is 18.0 Å². The average Bonchev–Trinajstić information content (AvgIpc) is 2.86. The summed E-state index contributed by atoms with van der Waals surface area (Å²) in [5.74, 6) is -0.922. The van der Waals surface area contributed by atoms with Crippen LogP contribution in [0.15, 0.2) is 71.6 Å². The molecule has 0 aliphatic carbocycles. The van der Waals surface area contributed by atoms with Crippen molar-refractivity contribution >= 4 is 50.7 Å². The molecule has 1 N–H and O–H groups in total. The van der Waals surface area contributed by atoms with Crippen LogP contribution in [0.3, 0.4) is 0 Å². The summed E-state index contributed by atoms with van der Waals surface area (Å²) in [6.45, 7) is 8.56. The highest BCUT2D eigenvalue weighted by molar-refractivity contribution is 7.92. The second kappa shape index (κ2) is 12.9. The van der Waals surface area contributed by atoms with E-state index in [0.717, 1.165) is 21.0 Å². The van der Waals surface area contributed by atoms with Gasteiger partial charge in [0.05, 0.1) is 15.6 Å². The summed E-state index contributed by atoms with van der Waals surface area (Å²) in [7, 11) is -4.24. The lowest BCUT2D eigenvalue weighted by Crippen LogP contribution is -2.52. The molecule has 0 aliphatic heterocycles. The smallest absolute Gasteiger partial charge is 0.264 e. The lowest BCUT2D eigenvalue weighted by atomic mass is 10.1. The second-order valence-corrected chi connectivity index (χ2v) is 12.5. The van der Waals surface area contributed by atoms with Gasteiger partial charge in [-0.05, 0) is 70.5 Å². The largest absolute Gasteiger partial charge is 0.352 e. The SMILES string of the molecule is Cc1ccc(S(=O)(=O)N(CC(=O)N(Cc2cccc(C)c2)[C@@H](C)C(=O)NC(C)C)c2cc(Cl)ccc2Cl)cc1. The van der Waals surface area contributed by atoms with E-state index >= 15 is 0 Å². The highest BCUT2D eigenvalue weighted by atomic mass is 35.5. The normalized spacial score (nSPS) is 12.2. The number of aryl methyl sites for hydroxylation is 2. The molecule has 3 rings (SSSR count). The first-order valence-electron chi connectivity index (χ1n) is 12.5. The van der Waals surface area contributed by atoms with Gasteiger partial charge >= 0.3 is 0 Å². The van der Waals surface area contributed by atoms with Crippen LogP contribution >= 0.6 is 23.2 Å². The van der Waals surface area contributed by atoms with E-state index < -0.39 is 28.5 Å². The molecule has 7 nitrogen and oxygen atoms in total. The third-order valence-electron chi connectivity index (χ3n) is 6.10. The predicted molar refractivity (Wildman–Crippen MR) is 157 cm³/mol. The van der Waals surface area contributed by atoms with Crippen molar-refractivity contribution in [2.45, 2.75) is 58.1 Å². The van der Waals surface area contributed by atoms with Gasteiger partial charge in [0.1, 0.15) is 12.6 Å². The molecule has 0 aliphatic rings. The number of carbonyl (C=O) groups excluding carboxylic acids is 2. The number of halogens is 2. The molecular formula is C29H33Cl2N3O4S. The fourth-order valence-electron chi connectivity index (χ4n) is 4.02. The minimum atomic E-state index is -4.24. The highest BCUT2D eigenvalue weighted by Crippen LogP contribution is 2.33. The Kier molecular flexibility index (Phi) is 10.0. The number of hydrogen-bond acceptors (Lipinski definition) is 4. The zero-order valence-corrected chi connectivity index (χ0v) is 24.9. The van der Waals surface area contributed by atoms with E-state index in [-0.39, 0.29) is 39.1 Å². The van der Waals surface area contributed by atoms with Gasteiger partial charge in [0, 0.05) is 17.6 Å². The third kappa shape index (κ3) is 7.75. The molecule has 0 saturated heterocycles. The topological polar surface area (TPSA) is 86.8 Å². The number of hydrogen-bond donors (Lipinski definition) is 1. The van der Waals surface area contributed by atoms with Crippen molar-refractivity contribution in [2.24, 2.45) is 0 Å². The molecule has 0 spiro atoms. The zero-order valence-electron chi connectivity index (χ0n) is 22.6. The minimum absolute atomic E-state index is 0.00669. The Balaban J connectivity index is 2.08. The Morgan fingerprint density at radius 2 is 1.56 bits per heavy atom. The van der Waals surface area contributed by atoms with Crippen LogP contribution in [0, 0.1) is 13.8 Å². The Labute approximate surface area is 240 Å². The molecule has 0 radical (unpaired) electrons. The molecule has 10 heteroatoms. The number of anilines is 1. The van der Waals surface area contributed by atoms with E-state index in [4.69, 9.17) is 23.2 Å². The van der Waals surface area contributed by atoms with E-state index in [2.05, 4.69) is 5.32 Å². The number of amides is 2. The summed E-state index contributed by atoms with van der Waals surface area (Å²) < 4.78 is 28.7. The van der Waals surface area contributed by atoms with Crippen LogP contribution in [0.25, 0.3) is 0 Å². The maximum atomic E-state index is 13.9. The lowest BCUT2D eigenvalue weighted by molar-refractivity contribution is -0.139. The average molecular weight is 591 g/mol. The van der Waals surface area contributed by atoms with Crippen LogP contribution in [0.1, 0.15) is 37.5 Å². The third-order valence-corrected chi connectivity index (χ3v) is 8.43. The fraction of sp³-hybridized carbons (Fsp3) is 0.310. The van der Waals surface area contributed by atoms with Crippen molar-refractivity contribution in [3.63, 3.8) is 0 Å². The van der Waals surface area contributed by atoms with E-state index in [1.165, 1.54) is 35.2 Å². The quantitative estimate of drug-likeness (QED) is 0.326. The van der Waals surface area contributed by atoms with Gasteiger partial charge in [-0.1, -0.05) is 70.7 Å². The van der Waals surface area contributed by atoms with Gasteiger partial charge in [0.25, 0.3) is 10.0 Å². The van der Waals surface area contributed by atoms with Gasteiger partial charge < -0.3 is 10.2 Å². The molecule has 0 bridgehead atoms. The summed E-state index contributed by atoms with van der Waals surface area (Å²) in [5.41, 5.74) is 2.74. The molecule has 208 valence electrons. The number of benzene rings is 3. The first-order valence-corrected chi connectivity index (χ1v) is 14.7. The van der Waals surface area contributed by atoms with Crippen LogP contribution in [-0.4, -0.2) is 43.8 Å². The number of nitrogens with zero attached hydrogens (tertiary/aromatic N) is 2. The van der Waals surface area contributed by atoms with Crippen molar-refractivity contribution in [1.82, 2.24) is 10.2 Å². The number of rotatable bonds is 10. The first-order chi connectivity index (χ1) is 18.3. The van der Waals surface area contributed by atoms with Crippen molar-refractivity contribution in [1.29, 1.82) is 0 Å². The summed E-state index contributed by atoms with van der Waals surface area (Å²) in [6, 6.07) is 17.3. The van der Waals surface area contributed by atoms with E-state index in [1.807, 2.05) is 52.0 Å². The molecule has 0 heterocycles. The molecule has 3 aromatic carbocycles. The molecule has 0 saturated carbocycles. The van der Waals surface area contributed by atoms with Gasteiger partial charge in [-0.15, -0.1) is 0 Å². The Hall–Kier alpha value is -3.07. The highest BCUT2D eigenvalue weighted by Gasteiger charge is 2.33. The first kappa shape index (κ1) is 30.5. The maximum Gasteiger partial charge on any atom is 0.264 e. The molecule has 0 unspecified atom stereocenters. The molecule has 0 fully saturated rings. The molecule has 39 heavy (non-hydrogen) atoms. The van der Waals surface area contributed by atoms with Crippen molar-refractivity contribution in [3.05, 3.63) is 93.5 Å². The Morgan fingerprint density at radius 1 is 0.897 bits per heavy atom. The lowest BCUT2D eigenvalue weighted by Gasteiger charge is -2.32. The van der Waals surface area contributed by atoms with Gasteiger partial charge in [0.15, 0.2) is 0 Å². The maximum absolute atomic E-state index is 13.9. The number of sulfonamides is 1. The van der Waals surface area contributed by atoms with Crippen molar-refractivity contribution in [3.8, 4) is 0 Å². The monoisotopic (exact) mass is 589 g/mol. The zero-order chi connectivity index (χ0) is 28.9. The van der Waals surface area contributed by atoms with Crippen LogP contribution in [0.2, 0.25) is 10.0 Å². The van der Waals surface area contributed by atoms with Gasteiger partial charge in [-0.25, -0.2) is 8.42 Å². The van der Waals surface area contributed by atoms with Crippen molar-refractivity contribution in [2.75, 3.05) is 10.8 Å². The summed E-state index contributed by atoms with van der Waals surface area (Å²) in [5, 5.41) is 3.20. The molecular weight excluding hydrogens is 557 g/mol. The molecule has 2 amide bonds. The van der Waals surface area contributed by atoms with Gasteiger partial charge in [0.2, 0.25) is 11.8 Å². The van der Waals surface area contributed by atoms with E-state index in [0.29, 0.717) is 0 Å². The molecule has 3 aromatic rings. The van der Waals surface area contributed by atoms with Crippen LogP contribution < -0.4 is 9.62 Å². The van der Waals surface area contributed by atoms with E-state index in [1.54, 1.807) is 19.1 Å². The van der Waals surface area contributed by atoms with Gasteiger partial charge in [-0.3, -0.25) is 13.9 Å². The summed E-state index contributed by atoms with van der Waals surface area (Å²) >= 11 is 12.6. The predicted octanol–water partition coefficient (Wildman–Crippen LogP) is 5.75. The number of carbonyl (C=O) groups is 2. The summed E-state index contributed by atoms with van der Waals surface area (Å²) in [4.78, 5) is 28.3. The van der Waals surface area contributed by atoms with Crippen LogP contribution in [0.5, 0.6) is 0 Å².